The minimum atomic E-state index is -0.730. The van der Waals surface area contributed by atoms with Gasteiger partial charge in [0.2, 0.25) is 0 Å². The Morgan fingerprint density at radius 3 is 2.75 bits per heavy atom. The molecule has 2 bridgehead atoms. The number of hydrogen-bond acceptors (Lipinski definition) is 3. The van der Waals surface area contributed by atoms with Gasteiger partial charge in [0.05, 0.1) is 24.2 Å². The second-order valence-electron chi connectivity index (χ2n) is 3.84. The highest BCUT2D eigenvalue weighted by atomic mass is 16.6. The zero-order chi connectivity index (χ0) is 8.82. The molecule has 1 N–H and O–H groups in total. The van der Waals surface area contributed by atoms with Crippen LogP contribution in [0.15, 0.2) is 0 Å². The standard InChI is InChI=1S/C8H12O4/c1-11-5-8-2-7(3-8,4-12-8)6(9)10/h2-5H2,1H3,(H,9,10). The predicted octanol–water partition coefficient (Wildman–Crippen LogP) is 0.267. The normalized spacial score (nSPS) is 44.1. The number of carboxylic acids is 1. The Bertz CT molecular complexity index is 217. The molecule has 0 unspecified atom stereocenters. The Labute approximate surface area is 70.5 Å². The fourth-order valence-corrected chi connectivity index (χ4v) is 2.30. The van der Waals surface area contributed by atoms with E-state index in [9.17, 15) is 4.79 Å². The molecule has 0 aromatic rings. The van der Waals surface area contributed by atoms with E-state index in [1.165, 1.54) is 0 Å². The van der Waals surface area contributed by atoms with Gasteiger partial charge in [-0.15, -0.1) is 0 Å². The van der Waals surface area contributed by atoms with E-state index < -0.39 is 11.4 Å². The van der Waals surface area contributed by atoms with Gasteiger partial charge >= 0.3 is 5.97 Å². The van der Waals surface area contributed by atoms with E-state index in [4.69, 9.17) is 14.6 Å². The van der Waals surface area contributed by atoms with Crippen molar-refractivity contribution in [3.8, 4) is 0 Å². The average Bonchev–Trinajstić information content (AvgIpc) is 2.42. The summed E-state index contributed by atoms with van der Waals surface area (Å²) in [6.45, 7) is 0.869. The van der Waals surface area contributed by atoms with Gasteiger partial charge in [-0.3, -0.25) is 4.79 Å². The van der Waals surface area contributed by atoms with E-state index in [0.717, 1.165) is 0 Å². The summed E-state index contributed by atoms with van der Waals surface area (Å²) in [6, 6.07) is 0. The van der Waals surface area contributed by atoms with Gasteiger partial charge in [-0.1, -0.05) is 0 Å². The van der Waals surface area contributed by atoms with Crippen LogP contribution in [0.1, 0.15) is 12.8 Å². The molecule has 0 aromatic heterocycles. The Kier molecular flexibility index (Phi) is 1.47. The number of fused-ring (bicyclic) bond motifs is 1. The van der Waals surface area contributed by atoms with E-state index in [-0.39, 0.29) is 5.60 Å². The summed E-state index contributed by atoms with van der Waals surface area (Å²) in [5.74, 6) is -0.730. The Morgan fingerprint density at radius 2 is 2.33 bits per heavy atom. The zero-order valence-electron chi connectivity index (χ0n) is 7.00. The summed E-state index contributed by atoms with van der Waals surface area (Å²) in [5.41, 5.74) is -0.855. The van der Waals surface area contributed by atoms with Crippen molar-refractivity contribution in [1.82, 2.24) is 0 Å². The van der Waals surface area contributed by atoms with Crippen molar-refractivity contribution >= 4 is 5.97 Å². The molecule has 0 aromatic carbocycles. The molecule has 3 rings (SSSR count). The molecular formula is C8H12O4. The second kappa shape index (κ2) is 2.20. The first-order valence-corrected chi connectivity index (χ1v) is 3.99. The number of ether oxygens (including phenoxy) is 2. The quantitative estimate of drug-likeness (QED) is 0.663. The van der Waals surface area contributed by atoms with Crippen molar-refractivity contribution in [2.45, 2.75) is 18.4 Å². The lowest BCUT2D eigenvalue weighted by Crippen LogP contribution is -2.51. The van der Waals surface area contributed by atoms with Crippen LogP contribution >= 0.6 is 0 Å². The van der Waals surface area contributed by atoms with Crippen LogP contribution in [0.3, 0.4) is 0 Å². The molecule has 1 saturated carbocycles. The Morgan fingerprint density at radius 1 is 1.67 bits per heavy atom. The van der Waals surface area contributed by atoms with Crippen molar-refractivity contribution in [3.05, 3.63) is 0 Å². The Hall–Kier alpha value is -0.610. The molecule has 2 aliphatic heterocycles. The molecule has 12 heavy (non-hydrogen) atoms. The fourth-order valence-electron chi connectivity index (χ4n) is 2.30. The highest BCUT2D eigenvalue weighted by Crippen LogP contribution is 2.57. The number of hydrogen-bond donors (Lipinski definition) is 1. The van der Waals surface area contributed by atoms with Gasteiger partial charge in [-0.25, -0.2) is 0 Å². The molecule has 3 aliphatic rings. The molecule has 68 valence electrons. The average molecular weight is 172 g/mol. The molecule has 0 amide bonds. The van der Waals surface area contributed by atoms with Crippen molar-refractivity contribution in [2.75, 3.05) is 20.3 Å². The topological polar surface area (TPSA) is 55.8 Å². The van der Waals surface area contributed by atoms with Crippen molar-refractivity contribution < 1.29 is 19.4 Å². The van der Waals surface area contributed by atoms with Crippen LogP contribution in [-0.2, 0) is 14.3 Å². The molecule has 2 heterocycles. The third-order valence-corrected chi connectivity index (χ3v) is 2.84. The zero-order valence-corrected chi connectivity index (χ0v) is 7.00. The van der Waals surface area contributed by atoms with E-state index in [1.807, 2.05) is 0 Å². The molecule has 4 nitrogen and oxygen atoms in total. The maximum absolute atomic E-state index is 10.8. The molecule has 2 saturated heterocycles. The summed E-state index contributed by atoms with van der Waals surface area (Å²) >= 11 is 0. The highest BCUT2D eigenvalue weighted by molar-refractivity contribution is 5.77. The number of methoxy groups -OCH3 is 1. The van der Waals surface area contributed by atoms with Gasteiger partial charge in [0, 0.05) is 7.11 Å². The summed E-state index contributed by atoms with van der Waals surface area (Å²) < 4.78 is 10.4. The van der Waals surface area contributed by atoms with E-state index in [0.29, 0.717) is 26.1 Å². The van der Waals surface area contributed by atoms with Gasteiger partial charge in [0.1, 0.15) is 0 Å². The SMILES string of the molecule is COCC12CC(C(=O)O)(CO1)C2. The van der Waals surface area contributed by atoms with Gasteiger partial charge in [0.15, 0.2) is 0 Å². The monoisotopic (exact) mass is 172 g/mol. The number of carbonyl (C=O) groups is 1. The molecule has 0 atom stereocenters. The maximum atomic E-state index is 10.8. The molecule has 1 aliphatic carbocycles. The lowest BCUT2D eigenvalue weighted by Gasteiger charge is -2.41. The first-order chi connectivity index (χ1) is 5.63. The van der Waals surface area contributed by atoms with Crippen molar-refractivity contribution in [3.63, 3.8) is 0 Å². The maximum Gasteiger partial charge on any atom is 0.312 e. The smallest absolute Gasteiger partial charge is 0.312 e. The summed E-state index contributed by atoms with van der Waals surface area (Å²) in [6.07, 6.45) is 1.23. The van der Waals surface area contributed by atoms with Crippen LogP contribution in [0.4, 0.5) is 0 Å². The van der Waals surface area contributed by atoms with E-state index in [2.05, 4.69) is 0 Å². The molecular weight excluding hydrogens is 160 g/mol. The largest absolute Gasteiger partial charge is 0.481 e. The minimum Gasteiger partial charge on any atom is -0.481 e. The lowest BCUT2D eigenvalue weighted by atomic mass is 9.63. The molecule has 0 radical (unpaired) electrons. The summed E-state index contributed by atoms with van der Waals surface area (Å²) in [5, 5.41) is 8.87. The van der Waals surface area contributed by atoms with Crippen LogP contribution in [-0.4, -0.2) is 37.0 Å². The summed E-state index contributed by atoms with van der Waals surface area (Å²) in [7, 11) is 1.61. The summed E-state index contributed by atoms with van der Waals surface area (Å²) in [4.78, 5) is 10.8. The van der Waals surface area contributed by atoms with Crippen LogP contribution in [0, 0.1) is 5.41 Å². The number of carboxylic acid groups (broad SMARTS) is 1. The third kappa shape index (κ3) is 0.820. The van der Waals surface area contributed by atoms with Crippen molar-refractivity contribution in [1.29, 1.82) is 0 Å². The first kappa shape index (κ1) is 8.01. The van der Waals surface area contributed by atoms with Gasteiger partial charge < -0.3 is 14.6 Å². The first-order valence-electron chi connectivity index (χ1n) is 3.99. The van der Waals surface area contributed by atoms with Crippen molar-refractivity contribution in [2.24, 2.45) is 5.41 Å². The van der Waals surface area contributed by atoms with Crippen LogP contribution in [0.25, 0.3) is 0 Å². The molecule has 4 heteroatoms. The van der Waals surface area contributed by atoms with Crippen LogP contribution in [0.2, 0.25) is 0 Å². The van der Waals surface area contributed by atoms with E-state index in [1.54, 1.807) is 7.11 Å². The van der Waals surface area contributed by atoms with Gasteiger partial charge in [-0.2, -0.15) is 0 Å². The van der Waals surface area contributed by atoms with Gasteiger partial charge in [-0.05, 0) is 12.8 Å². The third-order valence-electron chi connectivity index (χ3n) is 2.84. The molecule has 3 fully saturated rings. The fraction of sp³-hybridized carbons (Fsp3) is 0.875. The number of rotatable bonds is 3. The highest BCUT2D eigenvalue weighted by Gasteiger charge is 2.66. The number of aliphatic carboxylic acids is 1. The van der Waals surface area contributed by atoms with Crippen LogP contribution in [0.5, 0.6) is 0 Å². The van der Waals surface area contributed by atoms with Crippen LogP contribution < -0.4 is 0 Å². The van der Waals surface area contributed by atoms with Gasteiger partial charge in [0.25, 0.3) is 0 Å². The minimum absolute atomic E-state index is 0.271. The molecule has 0 spiro atoms. The predicted molar refractivity (Wildman–Crippen MR) is 39.9 cm³/mol. The second-order valence-corrected chi connectivity index (χ2v) is 3.84. The lowest BCUT2D eigenvalue weighted by molar-refractivity contribution is -0.156. The Balaban J connectivity index is 2.05. The van der Waals surface area contributed by atoms with E-state index >= 15 is 0 Å².